The molecule has 0 aliphatic heterocycles. The second-order valence-corrected chi connectivity index (χ2v) is 6.86. The quantitative estimate of drug-likeness (QED) is 0.942. The maximum absolute atomic E-state index is 4.32. The summed E-state index contributed by atoms with van der Waals surface area (Å²) in [6, 6.07) is 6.56. The number of aromatic nitrogens is 3. The van der Waals surface area contributed by atoms with E-state index < -0.39 is 0 Å². The molecule has 1 aromatic heterocycles. The van der Waals surface area contributed by atoms with Gasteiger partial charge in [0.05, 0.1) is 17.6 Å². The van der Waals surface area contributed by atoms with Gasteiger partial charge in [-0.15, -0.1) is 5.10 Å². The van der Waals surface area contributed by atoms with Gasteiger partial charge in [-0.05, 0) is 63.6 Å². The van der Waals surface area contributed by atoms with Crippen LogP contribution < -0.4 is 5.32 Å². The molecule has 0 radical (unpaired) electrons. The Hall–Kier alpha value is -1.68. The van der Waals surface area contributed by atoms with Crippen molar-refractivity contribution in [2.24, 2.45) is 0 Å². The first kappa shape index (κ1) is 14.3. The maximum Gasteiger partial charge on any atom is 0.0783 e. The Balaban J connectivity index is 1.93. The highest BCUT2D eigenvalue weighted by Crippen LogP contribution is 2.27. The van der Waals surface area contributed by atoms with E-state index in [9.17, 15) is 0 Å². The van der Waals surface area contributed by atoms with Crippen molar-refractivity contribution in [2.45, 2.75) is 58.5 Å². The van der Waals surface area contributed by atoms with Crippen molar-refractivity contribution in [1.82, 2.24) is 20.3 Å². The topological polar surface area (TPSA) is 42.7 Å². The van der Waals surface area contributed by atoms with Crippen LogP contribution in [0.15, 0.2) is 24.4 Å². The van der Waals surface area contributed by atoms with Crippen molar-refractivity contribution >= 4 is 0 Å². The predicted octanol–water partition coefficient (Wildman–Crippen LogP) is 3.03. The molecule has 1 N–H and O–H groups in total. The summed E-state index contributed by atoms with van der Waals surface area (Å²) in [6.07, 6.45) is 6.77. The van der Waals surface area contributed by atoms with Gasteiger partial charge < -0.3 is 5.32 Å². The Kier molecular flexibility index (Phi) is 3.81. The van der Waals surface area contributed by atoms with E-state index in [0.717, 1.165) is 18.7 Å². The van der Waals surface area contributed by atoms with E-state index in [2.05, 4.69) is 54.6 Å². The van der Waals surface area contributed by atoms with Crippen LogP contribution in [0.3, 0.4) is 0 Å². The molecule has 0 spiro atoms. The lowest BCUT2D eigenvalue weighted by Gasteiger charge is -2.22. The second kappa shape index (κ2) is 5.60. The molecule has 1 aliphatic carbocycles. The van der Waals surface area contributed by atoms with Gasteiger partial charge in [0.1, 0.15) is 0 Å². The van der Waals surface area contributed by atoms with E-state index in [-0.39, 0.29) is 5.54 Å². The van der Waals surface area contributed by atoms with Gasteiger partial charge in [-0.1, -0.05) is 17.3 Å². The van der Waals surface area contributed by atoms with Crippen LogP contribution in [0.25, 0.3) is 5.69 Å². The Morgan fingerprint density at radius 1 is 1.19 bits per heavy atom. The van der Waals surface area contributed by atoms with Gasteiger partial charge >= 0.3 is 0 Å². The molecule has 4 nitrogen and oxygen atoms in total. The normalized spacial score (nSPS) is 15.0. The molecule has 0 saturated heterocycles. The lowest BCUT2D eigenvalue weighted by Crippen LogP contribution is -2.35. The molecular formula is C17H24N4. The third-order valence-electron chi connectivity index (χ3n) is 4.02. The Morgan fingerprint density at radius 3 is 2.81 bits per heavy atom. The molecule has 21 heavy (non-hydrogen) atoms. The molecule has 0 amide bonds. The van der Waals surface area contributed by atoms with Crippen molar-refractivity contribution < 1.29 is 0 Å². The summed E-state index contributed by atoms with van der Waals surface area (Å²) < 4.78 is 2.00. The van der Waals surface area contributed by atoms with Crippen LogP contribution in [0.2, 0.25) is 0 Å². The molecule has 0 bridgehead atoms. The number of benzene rings is 1. The standard InChI is InChI=1S/C17H24N4/c1-17(2,3)18-11-14-12-19-20-21(14)16-10-6-8-13-7-4-5-9-15(13)16/h6,8,10,12,18H,4-5,7,9,11H2,1-3H3. The van der Waals surface area contributed by atoms with Crippen molar-refractivity contribution in [3.8, 4) is 5.69 Å². The molecule has 0 unspecified atom stereocenters. The maximum atomic E-state index is 4.32. The largest absolute Gasteiger partial charge is 0.306 e. The minimum absolute atomic E-state index is 0.0885. The first-order valence-corrected chi connectivity index (χ1v) is 7.80. The molecule has 0 fully saturated rings. The zero-order valence-corrected chi connectivity index (χ0v) is 13.2. The van der Waals surface area contributed by atoms with E-state index in [4.69, 9.17) is 0 Å². The smallest absolute Gasteiger partial charge is 0.0783 e. The summed E-state index contributed by atoms with van der Waals surface area (Å²) in [5.41, 5.74) is 5.33. The van der Waals surface area contributed by atoms with Gasteiger partial charge in [-0.2, -0.15) is 0 Å². The number of hydrogen-bond acceptors (Lipinski definition) is 3. The van der Waals surface area contributed by atoms with Gasteiger partial charge in [0.25, 0.3) is 0 Å². The zero-order valence-electron chi connectivity index (χ0n) is 13.2. The fraction of sp³-hybridized carbons (Fsp3) is 0.529. The average molecular weight is 284 g/mol. The fourth-order valence-electron chi connectivity index (χ4n) is 2.89. The highest BCUT2D eigenvalue weighted by molar-refractivity contribution is 5.47. The molecule has 3 rings (SSSR count). The Morgan fingerprint density at radius 2 is 2.00 bits per heavy atom. The monoisotopic (exact) mass is 284 g/mol. The molecule has 2 aromatic rings. The number of nitrogens with zero attached hydrogens (tertiary/aromatic N) is 3. The van der Waals surface area contributed by atoms with Crippen LogP contribution in [0.5, 0.6) is 0 Å². The third kappa shape index (κ3) is 3.16. The molecular weight excluding hydrogens is 260 g/mol. The highest BCUT2D eigenvalue weighted by Gasteiger charge is 2.17. The van der Waals surface area contributed by atoms with Crippen LogP contribution in [-0.2, 0) is 19.4 Å². The van der Waals surface area contributed by atoms with Crippen molar-refractivity contribution in [3.63, 3.8) is 0 Å². The first-order chi connectivity index (χ1) is 10.0. The number of rotatable bonds is 3. The molecule has 0 saturated carbocycles. The number of hydrogen-bond donors (Lipinski definition) is 1. The van der Waals surface area contributed by atoms with Crippen molar-refractivity contribution in [1.29, 1.82) is 0 Å². The SMILES string of the molecule is CC(C)(C)NCc1cnnn1-c1cccc2c1CCCC2. The average Bonchev–Trinajstić information content (AvgIpc) is 2.92. The summed E-state index contributed by atoms with van der Waals surface area (Å²) >= 11 is 0. The van der Waals surface area contributed by atoms with E-state index in [0.29, 0.717) is 0 Å². The molecule has 1 heterocycles. The van der Waals surface area contributed by atoms with Gasteiger partial charge in [-0.25, -0.2) is 4.68 Å². The number of nitrogens with one attached hydrogen (secondary N) is 1. The third-order valence-corrected chi connectivity index (χ3v) is 4.02. The fourth-order valence-corrected chi connectivity index (χ4v) is 2.89. The van der Waals surface area contributed by atoms with Crippen LogP contribution in [0.1, 0.15) is 50.4 Å². The lowest BCUT2D eigenvalue weighted by molar-refractivity contribution is 0.418. The summed E-state index contributed by atoms with van der Waals surface area (Å²) in [7, 11) is 0. The summed E-state index contributed by atoms with van der Waals surface area (Å²) in [5.74, 6) is 0. The minimum atomic E-state index is 0.0885. The molecule has 112 valence electrons. The first-order valence-electron chi connectivity index (χ1n) is 7.80. The second-order valence-electron chi connectivity index (χ2n) is 6.86. The summed E-state index contributed by atoms with van der Waals surface area (Å²) in [6.45, 7) is 7.29. The minimum Gasteiger partial charge on any atom is -0.306 e. The van der Waals surface area contributed by atoms with E-state index in [1.807, 2.05) is 10.9 Å². The number of aryl methyl sites for hydroxylation is 1. The summed E-state index contributed by atoms with van der Waals surface area (Å²) in [5, 5.41) is 12.0. The van der Waals surface area contributed by atoms with Gasteiger partial charge in [0, 0.05) is 12.1 Å². The predicted molar refractivity (Wildman–Crippen MR) is 84.6 cm³/mol. The van der Waals surface area contributed by atoms with Crippen LogP contribution in [0.4, 0.5) is 0 Å². The van der Waals surface area contributed by atoms with Crippen LogP contribution in [0, 0.1) is 0 Å². The van der Waals surface area contributed by atoms with Gasteiger partial charge in [-0.3, -0.25) is 0 Å². The molecule has 1 aliphatic rings. The summed E-state index contributed by atoms with van der Waals surface area (Å²) in [4.78, 5) is 0. The van der Waals surface area contributed by atoms with Gasteiger partial charge in [0.2, 0.25) is 0 Å². The lowest BCUT2D eigenvalue weighted by atomic mass is 9.90. The van der Waals surface area contributed by atoms with E-state index in [1.165, 1.54) is 36.1 Å². The molecule has 1 aromatic carbocycles. The number of fused-ring (bicyclic) bond motifs is 1. The zero-order chi connectivity index (χ0) is 14.9. The molecule has 4 heteroatoms. The van der Waals surface area contributed by atoms with Gasteiger partial charge in [0.15, 0.2) is 0 Å². The van der Waals surface area contributed by atoms with Crippen LogP contribution in [-0.4, -0.2) is 20.5 Å². The van der Waals surface area contributed by atoms with E-state index >= 15 is 0 Å². The molecule has 0 atom stereocenters. The van der Waals surface area contributed by atoms with Crippen LogP contribution >= 0.6 is 0 Å². The Bertz CT molecular complexity index is 622. The van der Waals surface area contributed by atoms with E-state index in [1.54, 1.807) is 0 Å². The Labute approximate surface area is 126 Å². The highest BCUT2D eigenvalue weighted by atomic mass is 15.4. The van der Waals surface area contributed by atoms with Crippen molar-refractivity contribution in [2.75, 3.05) is 0 Å². The van der Waals surface area contributed by atoms with Crippen molar-refractivity contribution in [3.05, 3.63) is 41.2 Å².